The van der Waals surface area contributed by atoms with E-state index >= 15 is 0 Å². The van der Waals surface area contributed by atoms with Gasteiger partial charge in [0, 0.05) is 11.4 Å². The van der Waals surface area contributed by atoms with Crippen LogP contribution in [0.5, 0.6) is 0 Å². The second-order valence-electron chi connectivity index (χ2n) is 6.39. The van der Waals surface area contributed by atoms with Gasteiger partial charge in [-0.1, -0.05) is 0 Å². The fourth-order valence-electron chi connectivity index (χ4n) is 2.56. The smallest absolute Gasteiger partial charge is 0.355 e. The fraction of sp³-hybridized carbons (Fsp3) is 0.300. The number of ether oxygens (including phenoxy) is 2. The van der Waals surface area contributed by atoms with Crippen LogP contribution in [0.2, 0.25) is 0 Å². The molecule has 8 nitrogen and oxygen atoms in total. The van der Waals surface area contributed by atoms with Crippen molar-refractivity contribution in [2.24, 2.45) is 0 Å². The van der Waals surface area contributed by atoms with Gasteiger partial charge in [0.05, 0.1) is 23.3 Å². The molecule has 0 bridgehead atoms. The van der Waals surface area contributed by atoms with Gasteiger partial charge in [-0.25, -0.2) is 9.59 Å². The zero-order valence-electron chi connectivity index (χ0n) is 16.1. The monoisotopic (exact) mass is 383 g/mol. The number of H-pyrrole nitrogens is 1. The number of aryl methyl sites for hydroxylation is 1. The number of hydrogen-bond donors (Lipinski definition) is 2. The molecule has 0 radical (unpaired) electrons. The van der Waals surface area contributed by atoms with E-state index < -0.39 is 24.5 Å². The Morgan fingerprint density at radius 1 is 1.14 bits per heavy atom. The third-order valence-electron chi connectivity index (χ3n) is 3.82. The summed E-state index contributed by atoms with van der Waals surface area (Å²) in [5.41, 5.74) is 2.21. The minimum atomic E-state index is -0.751. The molecule has 0 unspecified atom stereocenters. The minimum Gasteiger partial charge on any atom is -0.459 e. The molecule has 8 heteroatoms. The highest BCUT2D eigenvalue weighted by Crippen LogP contribution is 2.20. The van der Waals surface area contributed by atoms with Gasteiger partial charge in [-0.3, -0.25) is 4.79 Å². The van der Waals surface area contributed by atoms with Crippen molar-refractivity contribution < 1.29 is 23.9 Å². The average molecular weight is 383 g/mol. The first kappa shape index (κ1) is 20.7. The van der Waals surface area contributed by atoms with E-state index in [0.29, 0.717) is 22.5 Å². The number of nitriles is 1. The molecule has 1 aromatic carbocycles. The third kappa shape index (κ3) is 4.98. The lowest BCUT2D eigenvalue weighted by Crippen LogP contribution is -2.21. The molecule has 2 aromatic rings. The van der Waals surface area contributed by atoms with Crippen molar-refractivity contribution in [2.75, 3.05) is 11.9 Å². The van der Waals surface area contributed by atoms with E-state index in [2.05, 4.69) is 10.3 Å². The number of carbonyl (C=O) groups excluding carboxylic acids is 3. The molecule has 0 saturated heterocycles. The van der Waals surface area contributed by atoms with E-state index in [0.717, 1.165) is 0 Å². The summed E-state index contributed by atoms with van der Waals surface area (Å²) >= 11 is 0. The molecule has 1 amide bonds. The van der Waals surface area contributed by atoms with Gasteiger partial charge in [0.1, 0.15) is 5.69 Å². The summed E-state index contributed by atoms with van der Waals surface area (Å²) in [6.07, 6.45) is -0.289. The number of aromatic amines is 1. The molecule has 28 heavy (non-hydrogen) atoms. The van der Waals surface area contributed by atoms with Gasteiger partial charge in [0.15, 0.2) is 6.61 Å². The van der Waals surface area contributed by atoms with Crippen molar-refractivity contribution in [2.45, 2.75) is 33.8 Å². The predicted octanol–water partition coefficient (Wildman–Crippen LogP) is 2.86. The van der Waals surface area contributed by atoms with Crippen LogP contribution in [0.1, 0.15) is 51.5 Å². The minimum absolute atomic E-state index is 0.0966. The molecule has 1 aromatic heterocycles. The first-order valence-electron chi connectivity index (χ1n) is 8.60. The van der Waals surface area contributed by atoms with E-state index in [4.69, 9.17) is 14.7 Å². The molecule has 2 N–H and O–H groups in total. The summed E-state index contributed by atoms with van der Waals surface area (Å²) in [4.78, 5) is 39.2. The van der Waals surface area contributed by atoms with E-state index in [1.54, 1.807) is 52.0 Å². The molecular formula is C20H21N3O5. The Morgan fingerprint density at radius 3 is 2.36 bits per heavy atom. The molecule has 0 fully saturated rings. The highest BCUT2D eigenvalue weighted by atomic mass is 16.5. The third-order valence-corrected chi connectivity index (χ3v) is 3.82. The number of hydrogen-bond acceptors (Lipinski definition) is 6. The van der Waals surface area contributed by atoms with Crippen LogP contribution in [-0.2, 0) is 14.3 Å². The lowest BCUT2D eigenvalue weighted by Gasteiger charge is -2.08. The largest absolute Gasteiger partial charge is 0.459 e. The first-order valence-corrected chi connectivity index (χ1v) is 8.60. The Balaban J connectivity index is 2.00. The molecule has 146 valence electrons. The maximum Gasteiger partial charge on any atom is 0.355 e. The van der Waals surface area contributed by atoms with Crippen LogP contribution in [0.4, 0.5) is 5.69 Å². The lowest BCUT2D eigenvalue weighted by molar-refractivity contribution is -0.119. The number of benzene rings is 1. The van der Waals surface area contributed by atoms with Crippen LogP contribution in [0.15, 0.2) is 24.3 Å². The van der Waals surface area contributed by atoms with E-state index in [9.17, 15) is 14.4 Å². The summed E-state index contributed by atoms with van der Waals surface area (Å²) in [5.74, 6) is -1.81. The molecule has 0 aliphatic rings. The summed E-state index contributed by atoms with van der Waals surface area (Å²) in [5, 5.41) is 11.3. The zero-order valence-corrected chi connectivity index (χ0v) is 16.1. The lowest BCUT2D eigenvalue weighted by atomic mass is 10.1. The Hall–Kier alpha value is -3.60. The molecule has 0 spiro atoms. The Kier molecular flexibility index (Phi) is 6.55. The van der Waals surface area contributed by atoms with Crippen molar-refractivity contribution in [3.05, 3.63) is 52.3 Å². The number of carbonyl (C=O) groups is 3. The van der Waals surface area contributed by atoms with Crippen molar-refractivity contribution in [3.63, 3.8) is 0 Å². The Labute approximate surface area is 162 Å². The van der Waals surface area contributed by atoms with Gasteiger partial charge in [-0.15, -0.1) is 0 Å². The van der Waals surface area contributed by atoms with Crippen LogP contribution >= 0.6 is 0 Å². The number of rotatable bonds is 6. The van der Waals surface area contributed by atoms with Crippen molar-refractivity contribution in [1.82, 2.24) is 4.98 Å². The van der Waals surface area contributed by atoms with Crippen molar-refractivity contribution >= 4 is 23.5 Å². The average Bonchev–Trinajstić information content (AvgIpc) is 2.94. The molecule has 0 aliphatic heterocycles. The topological polar surface area (TPSA) is 121 Å². The van der Waals surface area contributed by atoms with Crippen molar-refractivity contribution in [1.29, 1.82) is 5.26 Å². The van der Waals surface area contributed by atoms with Gasteiger partial charge in [0.2, 0.25) is 0 Å². The fourth-order valence-corrected chi connectivity index (χ4v) is 2.56. The number of amides is 1. The van der Waals surface area contributed by atoms with Crippen LogP contribution < -0.4 is 5.32 Å². The highest BCUT2D eigenvalue weighted by molar-refractivity contribution is 5.99. The SMILES string of the molecule is Cc1[nH]c(C(=O)OCC(=O)Nc2ccc(C#N)cc2)c(C)c1C(=O)OC(C)C. The standard InChI is InChI=1S/C20H21N3O5/c1-11(2)28-19(25)17-12(3)18(22-13(17)4)20(26)27-10-16(24)23-15-7-5-14(9-21)6-8-15/h5-8,11,22H,10H2,1-4H3,(H,23,24). The normalized spacial score (nSPS) is 10.3. The van der Waals surface area contributed by atoms with Gasteiger partial charge >= 0.3 is 11.9 Å². The summed E-state index contributed by atoms with van der Waals surface area (Å²) in [6, 6.07) is 8.24. The number of nitrogens with zero attached hydrogens (tertiary/aromatic N) is 1. The number of aromatic nitrogens is 1. The number of nitrogens with one attached hydrogen (secondary N) is 2. The van der Waals surface area contributed by atoms with E-state index in [1.165, 1.54) is 0 Å². The molecule has 1 heterocycles. The maximum absolute atomic E-state index is 12.3. The molecular weight excluding hydrogens is 362 g/mol. The highest BCUT2D eigenvalue weighted by Gasteiger charge is 2.24. The van der Waals surface area contributed by atoms with Crippen LogP contribution in [-0.4, -0.2) is 35.5 Å². The van der Waals surface area contributed by atoms with Crippen LogP contribution in [0, 0.1) is 25.2 Å². The molecule has 0 aliphatic carbocycles. The van der Waals surface area contributed by atoms with Gasteiger partial charge in [-0.05, 0) is 57.5 Å². The Morgan fingerprint density at radius 2 is 1.79 bits per heavy atom. The number of anilines is 1. The van der Waals surface area contributed by atoms with E-state index in [1.807, 2.05) is 6.07 Å². The van der Waals surface area contributed by atoms with Crippen LogP contribution in [0.3, 0.4) is 0 Å². The summed E-state index contributed by atoms with van der Waals surface area (Å²) in [7, 11) is 0. The van der Waals surface area contributed by atoms with E-state index in [-0.39, 0.29) is 17.4 Å². The van der Waals surface area contributed by atoms with Gasteiger partial charge in [0.25, 0.3) is 5.91 Å². The second kappa shape index (κ2) is 8.86. The summed E-state index contributed by atoms with van der Waals surface area (Å²) < 4.78 is 10.2. The molecule has 0 saturated carbocycles. The van der Waals surface area contributed by atoms with Gasteiger partial charge < -0.3 is 19.8 Å². The van der Waals surface area contributed by atoms with Crippen LogP contribution in [0.25, 0.3) is 0 Å². The zero-order chi connectivity index (χ0) is 20.8. The molecule has 2 rings (SSSR count). The maximum atomic E-state index is 12.3. The quantitative estimate of drug-likeness (QED) is 0.740. The second-order valence-corrected chi connectivity index (χ2v) is 6.39. The molecule has 0 atom stereocenters. The Bertz CT molecular complexity index is 936. The van der Waals surface area contributed by atoms with Gasteiger partial charge in [-0.2, -0.15) is 5.26 Å². The predicted molar refractivity (Wildman–Crippen MR) is 101 cm³/mol. The number of esters is 2. The first-order chi connectivity index (χ1) is 13.2. The summed E-state index contributed by atoms with van der Waals surface area (Å²) in [6.45, 7) is 6.22. The van der Waals surface area contributed by atoms with Crippen molar-refractivity contribution in [3.8, 4) is 6.07 Å².